The summed E-state index contributed by atoms with van der Waals surface area (Å²) in [7, 11) is 0. The summed E-state index contributed by atoms with van der Waals surface area (Å²) in [6.45, 7) is 12.9. The second-order valence-electron chi connectivity index (χ2n) is 10.3. The van der Waals surface area contributed by atoms with E-state index in [2.05, 4.69) is 18.4 Å². The van der Waals surface area contributed by atoms with Crippen LogP contribution in [0.25, 0.3) is 0 Å². The number of hydrogen-bond donors (Lipinski definition) is 1. The zero-order chi connectivity index (χ0) is 23.4. The van der Waals surface area contributed by atoms with E-state index in [4.69, 9.17) is 21.3 Å². The van der Waals surface area contributed by atoms with Gasteiger partial charge in [0.25, 0.3) is 0 Å². The number of benzene rings is 1. The number of aliphatic carboxylic acids is 1. The van der Waals surface area contributed by atoms with Crippen molar-refractivity contribution in [1.29, 1.82) is 0 Å². The van der Waals surface area contributed by atoms with Crippen LogP contribution in [0.3, 0.4) is 0 Å². The number of halogens is 1. The van der Waals surface area contributed by atoms with Crippen LogP contribution in [0.1, 0.15) is 68.8 Å². The van der Waals surface area contributed by atoms with Gasteiger partial charge < -0.3 is 14.4 Å². The van der Waals surface area contributed by atoms with Crippen LogP contribution in [0.2, 0.25) is 5.02 Å². The maximum absolute atomic E-state index is 12.5. The average Bonchev–Trinajstić information content (AvgIpc) is 3.49. The molecular formula is C26H33ClN2O3. The summed E-state index contributed by atoms with van der Waals surface area (Å²) in [6.07, 6.45) is 1.51. The lowest BCUT2D eigenvalue weighted by molar-refractivity contribution is -0.163. The molecule has 4 rings (SSSR count). The molecule has 1 aliphatic carbocycles. The molecule has 2 aromatic rings. The van der Waals surface area contributed by atoms with E-state index in [1.54, 1.807) is 0 Å². The first-order chi connectivity index (χ1) is 15.0. The fraction of sp³-hybridized carbons (Fsp3) is 0.538. The predicted molar refractivity (Wildman–Crippen MR) is 128 cm³/mol. The molecule has 0 amide bonds. The lowest BCUT2D eigenvalue weighted by Gasteiger charge is -2.38. The minimum absolute atomic E-state index is 0.178. The fourth-order valence-electron chi connectivity index (χ4n) is 4.90. The topological polar surface area (TPSA) is 63.8 Å². The molecule has 0 bridgehead atoms. The third-order valence-corrected chi connectivity index (χ3v) is 6.95. The van der Waals surface area contributed by atoms with Gasteiger partial charge in [-0.2, -0.15) is 0 Å². The molecule has 0 radical (unpaired) electrons. The van der Waals surface area contributed by atoms with Gasteiger partial charge in [0.05, 0.1) is 5.60 Å². The molecule has 1 aromatic carbocycles. The van der Waals surface area contributed by atoms with Gasteiger partial charge in [-0.15, -0.1) is 0 Å². The van der Waals surface area contributed by atoms with Gasteiger partial charge in [-0.25, -0.2) is 9.79 Å². The molecule has 5 nitrogen and oxygen atoms in total. The number of carboxylic acid groups (broad SMARTS) is 1. The molecule has 1 N–H and O–H groups in total. The van der Waals surface area contributed by atoms with Crippen molar-refractivity contribution in [2.24, 2.45) is 16.8 Å². The number of hydrogen-bond acceptors (Lipinski definition) is 3. The Morgan fingerprint density at radius 1 is 1.22 bits per heavy atom. The van der Waals surface area contributed by atoms with Crippen LogP contribution in [-0.4, -0.2) is 33.1 Å². The number of aromatic nitrogens is 1. The Labute approximate surface area is 195 Å². The number of carboxylic acids is 1. The van der Waals surface area contributed by atoms with E-state index in [1.165, 1.54) is 24.1 Å². The Morgan fingerprint density at radius 3 is 2.38 bits per heavy atom. The van der Waals surface area contributed by atoms with E-state index in [0.717, 1.165) is 29.2 Å². The first-order valence-electron chi connectivity index (χ1n) is 11.4. The quantitative estimate of drug-likeness (QED) is 0.555. The Kier molecular flexibility index (Phi) is 6.01. The maximum Gasteiger partial charge on any atom is 0.333 e. The van der Waals surface area contributed by atoms with Crippen molar-refractivity contribution in [1.82, 2.24) is 4.57 Å². The molecule has 0 spiro atoms. The lowest BCUT2D eigenvalue weighted by Crippen LogP contribution is -2.45. The summed E-state index contributed by atoms with van der Waals surface area (Å²) in [5, 5.41) is 10.9. The summed E-state index contributed by atoms with van der Waals surface area (Å²) < 4.78 is 8.48. The van der Waals surface area contributed by atoms with Crippen molar-refractivity contribution < 1.29 is 14.6 Å². The number of fused-ring (bicyclic) bond motifs is 1. The van der Waals surface area contributed by atoms with Gasteiger partial charge in [0.15, 0.2) is 6.10 Å². The van der Waals surface area contributed by atoms with Crippen molar-refractivity contribution >= 4 is 29.1 Å². The minimum atomic E-state index is -1.01. The van der Waals surface area contributed by atoms with Crippen molar-refractivity contribution in [3.63, 3.8) is 0 Å². The molecule has 6 heteroatoms. The number of rotatable bonds is 6. The third kappa shape index (κ3) is 4.38. The Hall–Kier alpha value is -2.11. The van der Waals surface area contributed by atoms with Crippen LogP contribution in [0.4, 0.5) is 5.82 Å². The van der Waals surface area contributed by atoms with Crippen molar-refractivity contribution in [2.45, 2.75) is 78.6 Å². The second-order valence-corrected chi connectivity index (χ2v) is 10.7. The number of aliphatic imine (C=N–C) groups is 1. The summed E-state index contributed by atoms with van der Waals surface area (Å²) in [5.41, 5.74) is 4.74. The fourth-order valence-corrected chi connectivity index (χ4v) is 5.03. The van der Waals surface area contributed by atoms with Crippen molar-refractivity contribution in [2.75, 3.05) is 0 Å². The number of ether oxygens (including phenoxy) is 1. The predicted octanol–water partition coefficient (Wildman–Crippen LogP) is 6.29. The molecule has 2 aliphatic rings. The van der Waals surface area contributed by atoms with Gasteiger partial charge in [-0.1, -0.05) is 23.7 Å². The highest BCUT2D eigenvalue weighted by molar-refractivity contribution is 6.30. The molecule has 2 unspecified atom stereocenters. The van der Waals surface area contributed by atoms with E-state index >= 15 is 0 Å². The molecule has 0 saturated heterocycles. The lowest BCUT2D eigenvalue weighted by atomic mass is 9.73. The largest absolute Gasteiger partial charge is 0.479 e. The molecule has 3 atom stereocenters. The zero-order valence-electron chi connectivity index (χ0n) is 19.8. The summed E-state index contributed by atoms with van der Waals surface area (Å²) >= 11 is 6.19. The van der Waals surface area contributed by atoms with E-state index < -0.39 is 23.6 Å². The highest BCUT2D eigenvalue weighted by atomic mass is 35.5. The summed E-state index contributed by atoms with van der Waals surface area (Å²) in [4.78, 5) is 17.5. The van der Waals surface area contributed by atoms with Crippen molar-refractivity contribution in [3.8, 4) is 0 Å². The Balaban J connectivity index is 1.92. The monoisotopic (exact) mass is 456 g/mol. The normalized spacial score (nSPS) is 21.8. The minimum Gasteiger partial charge on any atom is -0.479 e. The summed E-state index contributed by atoms with van der Waals surface area (Å²) in [5.74, 6) is 0.120. The van der Waals surface area contributed by atoms with Gasteiger partial charge in [0, 0.05) is 40.4 Å². The zero-order valence-corrected chi connectivity index (χ0v) is 20.5. The Bertz CT molecular complexity index is 1060. The Morgan fingerprint density at radius 2 is 1.84 bits per heavy atom. The molecule has 1 aliphatic heterocycles. The van der Waals surface area contributed by atoms with Gasteiger partial charge in [-0.05, 0) is 83.6 Å². The average molecular weight is 457 g/mol. The van der Waals surface area contributed by atoms with Crippen molar-refractivity contribution in [3.05, 3.63) is 51.7 Å². The number of nitrogens with zero attached hydrogens (tertiary/aromatic N) is 2. The smallest absolute Gasteiger partial charge is 0.333 e. The first kappa shape index (κ1) is 23.1. The summed E-state index contributed by atoms with van der Waals surface area (Å²) in [6, 6.07) is 7.76. The first-order valence-corrected chi connectivity index (χ1v) is 11.8. The van der Waals surface area contributed by atoms with Crippen LogP contribution in [0.5, 0.6) is 0 Å². The van der Waals surface area contributed by atoms with Crippen LogP contribution >= 0.6 is 11.6 Å². The van der Waals surface area contributed by atoms with Gasteiger partial charge in [0.2, 0.25) is 0 Å². The number of carbonyl (C=O) groups is 1. The van der Waals surface area contributed by atoms with Gasteiger partial charge >= 0.3 is 5.97 Å². The third-order valence-electron chi connectivity index (χ3n) is 6.70. The standard InChI is InChI=1S/C26H33ClN2O3/c1-14-16(3)29(13-17-7-8-17)24-20(14)22(18-9-11-19(27)12-10-18)21(15(2)28-24)23(25(30)31)32-26(4,5)6/h9-12,17,21-23H,7-8,13H2,1-6H3,(H,30,31)/t21?,22?,23-/m1/s1. The van der Waals surface area contributed by atoms with Crippen LogP contribution in [-0.2, 0) is 16.1 Å². The van der Waals surface area contributed by atoms with Gasteiger partial charge in [-0.3, -0.25) is 0 Å². The van der Waals surface area contributed by atoms with Gasteiger partial charge in [0.1, 0.15) is 5.82 Å². The highest BCUT2D eigenvalue weighted by Crippen LogP contribution is 2.49. The van der Waals surface area contributed by atoms with E-state index in [-0.39, 0.29) is 5.92 Å². The van der Waals surface area contributed by atoms with Crippen LogP contribution in [0, 0.1) is 25.7 Å². The molecule has 1 fully saturated rings. The molecule has 172 valence electrons. The second kappa shape index (κ2) is 8.35. The SMILES string of the molecule is CC1=Nc2c(c(C)c(C)n2CC2CC2)C(c2ccc(Cl)cc2)C1[C@@H](OC(C)(C)C)C(=O)O. The molecule has 2 heterocycles. The van der Waals surface area contributed by atoms with Crippen LogP contribution in [0.15, 0.2) is 29.3 Å². The molecule has 1 saturated carbocycles. The van der Waals surface area contributed by atoms with E-state index in [9.17, 15) is 9.90 Å². The molecule has 32 heavy (non-hydrogen) atoms. The maximum atomic E-state index is 12.5. The highest BCUT2D eigenvalue weighted by Gasteiger charge is 2.45. The van der Waals surface area contributed by atoms with E-state index in [1.807, 2.05) is 52.0 Å². The molecule has 1 aromatic heterocycles. The van der Waals surface area contributed by atoms with Crippen LogP contribution < -0.4 is 0 Å². The van der Waals surface area contributed by atoms with E-state index in [0.29, 0.717) is 10.9 Å². The molecular weight excluding hydrogens is 424 g/mol.